The van der Waals surface area contributed by atoms with E-state index in [-0.39, 0.29) is 11.4 Å². The fourth-order valence-corrected chi connectivity index (χ4v) is 2.45. The summed E-state index contributed by atoms with van der Waals surface area (Å²) in [6, 6.07) is 4.88. The monoisotopic (exact) mass is 235 g/mol. The Morgan fingerprint density at radius 2 is 2.29 bits per heavy atom. The number of piperidine rings is 1. The predicted molar refractivity (Wildman–Crippen MR) is 68.0 cm³/mol. The summed E-state index contributed by atoms with van der Waals surface area (Å²) in [5.74, 6) is -0.00335. The molecule has 0 saturated carbocycles. The van der Waals surface area contributed by atoms with Crippen molar-refractivity contribution in [3.05, 3.63) is 29.6 Å². The molecule has 3 nitrogen and oxygen atoms in total. The quantitative estimate of drug-likeness (QED) is 0.610. The van der Waals surface area contributed by atoms with Crippen LogP contribution in [0.5, 0.6) is 0 Å². The van der Waals surface area contributed by atoms with Crippen LogP contribution >= 0.6 is 0 Å². The molecule has 1 aliphatic rings. The van der Waals surface area contributed by atoms with Crippen molar-refractivity contribution in [2.45, 2.75) is 19.8 Å². The number of halogens is 1. The molecular formula is C13H18FN3. The van der Waals surface area contributed by atoms with E-state index in [0.717, 1.165) is 25.2 Å². The molecule has 2 rings (SSSR count). The van der Waals surface area contributed by atoms with Crippen LogP contribution in [0.4, 0.5) is 10.1 Å². The van der Waals surface area contributed by atoms with Gasteiger partial charge in [0.2, 0.25) is 0 Å². The molecule has 17 heavy (non-hydrogen) atoms. The van der Waals surface area contributed by atoms with Gasteiger partial charge in [0.05, 0.1) is 11.3 Å². The van der Waals surface area contributed by atoms with Crippen molar-refractivity contribution < 1.29 is 4.39 Å². The van der Waals surface area contributed by atoms with Crippen molar-refractivity contribution in [1.29, 1.82) is 5.41 Å². The zero-order chi connectivity index (χ0) is 12.4. The Hall–Kier alpha value is -1.58. The van der Waals surface area contributed by atoms with Crippen molar-refractivity contribution >= 4 is 11.5 Å². The average Bonchev–Trinajstić information content (AvgIpc) is 2.28. The number of hydrogen-bond donors (Lipinski definition) is 2. The molecule has 0 radical (unpaired) electrons. The summed E-state index contributed by atoms with van der Waals surface area (Å²) < 4.78 is 13.7. The SMILES string of the molecule is CC1CCCN(c2cccc(F)c2C(=N)N)C1. The van der Waals surface area contributed by atoms with Gasteiger partial charge >= 0.3 is 0 Å². The zero-order valence-corrected chi connectivity index (χ0v) is 10.0. The Labute approximate surface area is 101 Å². The first-order valence-corrected chi connectivity index (χ1v) is 5.97. The molecule has 0 aliphatic carbocycles. The maximum atomic E-state index is 13.7. The summed E-state index contributed by atoms with van der Waals surface area (Å²) in [5, 5.41) is 7.50. The number of anilines is 1. The summed E-state index contributed by atoms with van der Waals surface area (Å²) in [7, 11) is 0. The lowest BCUT2D eigenvalue weighted by Gasteiger charge is -2.34. The summed E-state index contributed by atoms with van der Waals surface area (Å²) in [6.07, 6.45) is 2.32. The van der Waals surface area contributed by atoms with Gasteiger partial charge in [0.15, 0.2) is 0 Å². The highest BCUT2D eigenvalue weighted by Gasteiger charge is 2.21. The highest BCUT2D eigenvalue weighted by atomic mass is 19.1. The van der Waals surface area contributed by atoms with Gasteiger partial charge in [0, 0.05) is 13.1 Å². The number of benzene rings is 1. The van der Waals surface area contributed by atoms with E-state index in [1.165, 1.54) is 12.5 Å². The van der Waals surface area contributed by atoms with Gasteiger partial charge < -0.3 is 10.6 Å². The Morgan fingerprint density at radius 3 is 2.94 bits per heavy atom. The van der Waals surface area contributed by atoms with Gasteiger partial charge in [0.1, 0.15) is 11.7 Å². The number of nitrogens with two attached hydrogens (primary N) is 1. The second-order valence-electron chi connectivity index (χ2n) is 4.74. The van der Waals surface area contributed by atoms with Crippen molar-refractivity contribution in [3.63, 3.8) is 0 Å². The molecule has 0 bridgehead atoms. The van der Waals surface area contributed by atoms with E-state index in [2.05, 4.69) is 11.8 Å². The van der Waals surface area contributed by atoms with Gasteiger partial charge in [-0.15, -0.1) is 0 Å². The Balaban J connectivity index is 2.37. The standard InChI is InChI=1S/C13H18FN3/c1-9-4-3-7-17(8-9)11-6-2-5-10(14)12(11)13(15)16/h2,5-6,9H,3-4,7-8H2,1H3,(H3,15,16). The average molecular weight is 235 g/mol. The van der Waals surface area contributed by atoms with Crippen molar-refractivity contribution in [1.82, 2.24) is 0 Å². The molecule has 1 fully saturated rings. The molecule has 1 saturated heterocycles. The van der Waals surface area contributed by atoms with Gasteiger partial charge in [-0.2, -0.15) is 0 Å². The highest BCUT2D eigenvalue weighted by molar-refractivity contribution is 6.00. The van der Waals surface area contributed by atoms with Crippen LogP contribution in [0.15, 0.2) is 18.2 Å². The zero-order valence-electron chi connectivity index (χ0n) is 10.0. The van der Waals surface area contributed by atoms with Crippen LogP contribution < -0.4 is 10.6 Å². The summed E-state index contributed by atoms with van der Waals surface area (Å²) in [6.45, 7) is 4.01. The van der Waals surface area contributed by atoms with Gasteiger partial charge in [-0.25, -0.2) is 4.39 Å². The van der Waals surface area contributed by atoms with Gasteiger partial charge in [-0.05, 0) is 30.9 Å². The molecule has 1 unspecified atom stereocenters. The van der Waals surface area contributed by atoms with Gasteiger partial charge in [0.25, 0.3) is 0 Å². The minimum absolute atomic E-state index is 0.198. The summed E-state index contributed by atoms with van der Waals surface area (Å²) in [5.41, 5.74) is 6.46. The molecule has 0 spiro atoms. The normalized spacial score (nSPS) is 20.4. The lowest BCUT2D eigenvalue weighted by atomic mass is 9.98. The first kappa shape index (κ1) is 11.9. The topological polar surface area (TPSA) is 53.1 Å². The van der Waals surface area contributed by atoms with Crippen LogP contribution in [0.3, 0.4) is 0 Å². The molecule has 3 N–H and O–H groups in total. The largest absolute Gasteiger partial charge is 0.384 e. The van der Waals surface area contributed by atoms with E-state index in [0.29, 0.717) is 5.92 Å². The molecule has 1 aromatic carbocycles. The predicted octanol–water partition coefficient (Wildman–Crippen LogP) is 2.35. The maximum Gasteiger partial charge on any atom is 0.136 e. The number of nitrogens with one attached hydrogen (secondary N) is 1. The molecule has 1 aromatic rings. The molecule has 4 heteroatoms. The molecule has 0 aromatic heterocycles. The van der Waals surface area contributed by atoms with Crippen LogP contribution in [-0.4, -0.2) is 18.9 Å². The molecule has 92 valence electrons. The van der Waals surface area contributed by atoms with Crippen LogP contribution in [0.1, 0.15) is 25.3 Å². The lowest BCUT2D eigenvalue weighted by Crippen LogP contribution is -2.36. The van der Waals surface area contributed by atoms with E-state index in [4.69, 9.17) is 11.1 Å². The Kier molecular flexibility index (Phi) is 3.31. The third kappa shape index (κ3) is 2.40. The van der Waals surface area contributed by atoms with E-state index >= 15 is 0 Å². The minimum atomic E-state index is -0.409. The maximum absolute atomic E-state index is 13.7. The molecule has 1 heterocycles. The van der Waals surface area contributed by atoms with Gasteiger partial charge in [-0.1, -0.05) is 13.0 Å². The molecular weight excluding hydrogens is 217 g/mol. The molecule has 0 amide bonds. The van der Waals surface area contributed by atoms with E-state index in [9.17, 15) is 4.39 Å². The van der Waals surface area contributed by atoms with Crippen LogP contribution in [0.2, 0.25) is 0 Å². The lowest BCUT2D eigenvalue weighted by molar-refractivity contribution is 0.446. The smallest absolute Gasteiger partial charge is 0.136 e. The second-order valence-corrected chi connectivity index (χ2v) is 4.74. The number of amidine groups is 1. The van der Waals surface area contributed by atoms with Crippen LogP contribution in [0.25, 0.3) is 0 Å². The molecule has 1 atom stereocenters. The molecule has 1 aliphatic heterocycles. The number of nitrogen functional groups attached to an aromatic ring is 1. The third-order valence-electron chi connectivity index (χ3n) is 3.26. The second kappa shape index (κ2) is 4.73. The minimum Gasteiger partial charge on any atom is -0.384 e. The van der Waals surface area contributed by atoms with E-state index in [1.807, 2.05) is 6.07 Å². The van der Waals surface area contributed by atoms with Crippen molar-refractivity contribution in [2.75, 3.05) is 18.0 Å². The Morgan fingerprint density at radius 1 is 1.53 bits per heavy atom. The van der Waals surface area contributed by atoms with Crippen LogP contribution in [-0.2, 0) is 0 Å². The number of rotatable bonds is 2. The fraction of sp³-hybridized carbons (Fsp3) is 0.462. The van der Waals surface area contributed by atoms with Crippen LogP contribution in [0, 0.1) is 17.1 Å². The Bertz CT molecular complexity index is 431. The first-order valence-electron chi connectivity index (χ1n) is 5.97. The number of hydrogen-bond acceptors (Lipinski definition) is 2. The highest BCUT2D eigenvalue weighted by Crippen LogP contribution is 2.27. The van der Waals surface area contributed by atoms with E-state index in [1.54, 1.807) is 6.07 Å². The fourth-order valence-electron chi connectivity index (χ4n) is 2.45. The summed E-state index contributed by atoms with van der Waals surface area (Å²) in [4.78, 5) is 2.13. The van der Waals surface area contributed by atoms with Gasteiger partial charge in [-0.3, -0.25) is 5.41 Å². The van der Waals surface area contributed by atoms with E-state index < -0.39 is 5.82 Å². The third-order valence-corrected chi connectivity index (χ3v) is 3.26. The van der Waals surface area contributed by atoms with Crippen molar-refractivity contribution in [2.24, 2.45) is 11.7 Å². The summed E-state index contributed by atoms with van der Waals surface area (Å²) >= 11 is 0. The number of nitrogens with zero attached hydrogens (tertiary/aromatic N) is 1. The van der Waals surface area contributed by atoms with Crippen molar-refractivity contribution in [3.8, 4) is 0 Å². The first-order chi connectivity index (χ1) is 8.09.